The summed E-state index contributed by atoms with van der Waals surface area (Å²) in [6.45, 7) is 2.01. The largest absolute Gasteiger partial charge is 0.497 e. The molecule has 3 heteroatoms. The van der Waals surface area contributed by atoms with Gasteiger partial charge in [0.2, 0.25) is 0 Å². The van der Waals surface area contributed by atoms with Gasteiger partial charge in [0.25, 0.3) is 0 Å². The molecule has 0 aliphatic rings. The number of Topliss-reactive ketones (excluding diaryl/α,β-unsaturated/α-hetero) is 1. The topological polar surface area (TPSA) is 26.3 Å². The summed E-state index contributed by atoms with van der Waals surface area (Å²) in [6, 6.07) is 13.0. The summed E-state index contributed by atoms with van der Waals surface area (Å²) in [5.74, 6) is 0.662. The van der Waals surface area contributed by atoms with E-state index in [1.165, 1.54) is 0 Å². The van der Waals surface area contributed by atoms with Crippen LogP contribution >= 0.6 is 11.6 Å². The molecule has 0 atom stereocenters. The molecule has 2 aromatic carbocycles. The van der Waals surface area contributed by atoms with Crippen molar-refractivity contribution in [2.45, 2.75) is 13.3 Å². The monoisotopic (exact) mass is 274 g/mol. The third-order valence-electron chi connectivity index (χ3n) is 2.92. The van der Waals surface area contributed by atoms with Crippen LogP contribution in [0.15, 0.2) is 42.5 Å². The Balaban J connectivity index is 2.20. The van der Waals surface area contributed by atoms with Gasteiger partial charge < -0.3 is 4.74 Å². The maximum Gasteiger partial charge on any atom is 0.168 e. The fourth-order valence-corrected chi connectivity index (χ4v) is 2.23. The molecule has 2 nitrogen and oxygen atoms in total. The lowest BCUT2D eigenvalue weighted by atomic mass is 10.0. The van der Waals surface area contributed by atoms with Crippen molar-refractivity contribution < 1.29 is 9.53 Å². The van der Waals surface area contributed by atoms with Crippen molar-refractivity contribution in [1.82, 2.24) is 0 Å². The molecule has 0 saturated heterocycles. The summed E-state index contributed by atoms with van der Waals surface area (Å²) in [5.41, 5.74) is 2.67. The van der Waals surface area contributed by atoms with Gasteiger partial charge in [-0.1, -0.05) is 41.4 Å². The summed E-state index contributed by atoms with van der Waals surface area (Å²) in [6.07, 6.45) is 0.355. The highest BCUT2D eigenvalue weighted by Crippen LogP contribution is 2.23. The number of benzene rings is 2. The zero-order valence-corrected chi connectivity index (χ0v) is 11.7. The number of carbonyl (C=O) groups is 1. The second kappa shape index (κ2) is 5.89. The summed E-state index contributed by atoms with van der Waals surface area (Å²) in [5, 5.41) is 0.428. The molecule has 0 N–H and O–H groups in total. The number of ether oxygens (including phenoxy) is 1. The van der Waals surface area contributed by atoms with Gasteiger partial charge in [-0.25, -0.2) is 0 Å². The predicted molar refractivity (Wildman–Crippen MR) is 77.2 cm³/mol. The Labute approximate surface area is 118 Å². The standard InChI is InChI=1S/C16H15ClO2/c1-11-4-3-5-12(8-11)9-16(18)14-7-6-13(19-2)10-15(14)17/h3-8,10H,9H2,1-2H3. The number of hydrogen-bond donors (Lipinski definition) is 0. The van der Waals surface area contributed by atoms with Gasteiger partial charge in [0.1, 0.15) is 5.75 Å². The van der Waals surface area contributed by atoms with Gasteiger partial charge in [-0.2, -0.15) is 0 Å². The number of aryl methyl sites for hydroxylation is 1. The average Bonchev–Trinajstić information content (AvgIpc) is 2.38. The molecular weight excluding hydrogens is 260 g/mol. The zero-order chi connectivity index (χ0) is 13.8. The SMILES string of the molecule is COc1ccc(C(=O)Cc2cccc(C)c2)c(Cl)c1. The van der Waals surface area contributed by atoms with Crippen LogP contribution in [0.4, 0.5) is 0 Å². The quantitative estimate of drug-likeness (QED) is 0.785. The smallest absolute Gasteiger partial charge is 0.168 e. The second-order valence-electron chi connectivity index (χ2n) is 4.43. The minimum atomic E-state index is 0.0123. The first-order chi connectivity index (χ1) is 9.10. The van der Waals surface area contributed by atoms with Crippen molar-refractivity contribution in [2.75, 3.05) is 7.11 Å². The first-order valence-electron chi connectivity index (χ1n) is 6.02. The molecule has 0 aliphatic carbocycles. The fraction of sp³-hybridized carbons (Fsp3) is 0.188. The van der Waals surface area contributed by atoms with Gasteiger partial charge in [-0.05, 0) is 30.7 Å². The van der Waals surface area contributed by atoms with Crippen LogP contribution < -0.4 is 4.74 Å². The fourth-order valence-electron chi connectivity index (χ4n) is 1.95. The van der Waals surface area contributed by atoms with Crippen LogP contribution in [0, 0.1) is 6.92 Å². The molecule has 0 saturated carbocycles. The third-order valence-corrected chi connectivity index (χ3v) is 3.24. The van der Waals surface area contributed by atoms with E-state index >= 15 is 0 Å². The van der Waals surface area contributed by atoms with Crippen molar-refractivity contribution >= 4 is 17.4 Å². The number of ketones is 1. The van der Waals surface area contributed by atoms with E-state index in [9.17, 15) is 4.79 Å². The molecule has 2 aromatic rings. The normalized spacial score (nSPS) is 10.3. The summed E-state index contributed by atoms with van der Waals surface area (Å²) in [7, 11) is 1.57. The Morgan fingerprint density at radius 3 is 2.63 bits per heavy atom. The van der Waals surface area contributed by atoms with Gasteiger partial charge in [-0.3, -0.25) is 4.79 Å². The number of rotatable bonds is 4. The van der Waals surface area contributed by atoms with Gasteiger partial charge >= 0.3 is 0 Å². The van der Waals surface area contributed by atoms with Gasteiger partial charge in [0.05, 0.1) is 12.1 Å². The highest BCUT2D eigenvalue weighted by molar-refractivity contribution is 6.34. The lowest BCUT2D eigenvalue weighted by molar-refractivity contribution is 0.0993. The molecule has 0 amide bonds. The van der Waals surface area contributed by atoms with E-state index in [0.29, 0.717) is 22.8 Å². The molecule has 19 heavy (non-hydrogen) atoms. The van der Waals surface area contributed by atoms with Crippen LogP contribution in [-0.2, 0) is 6.42 Å². The van der Waals surface area contributed by atoms with Crippen LogP contribution in [0.2, 0.25) is 5.02 Å². The Morgan fingerprint density at radius 1 is 1.21 bits per heavy atom. The van der Waals surface area contributed by atoms with Gasteiger partial charge in [0, 0.05) is 12.0 Å². The molecule has 0 aromatic heterocycles. The molecule has 0 unspecified atom stereocenters. The van der Waals surface area contributed by atoms with Crippen molar-refractivity contribution in [1.29, 1.82) is 0 Å². The van der Waals surface area contributed by atoms with Crippen molar-refractivity contribution in [3.63, 3.8) is 0 Å². The lowest BCUT2D eigenvalue weighted by Gasteiger charge is -2.06. The summed E-state index contributed by atoms with van der Waals surface area (Å²) in [4.78, 5) is 12.2. The molecular formula is C16H15ClO2. The van der Waals surface area contributed by atoms with Crippen molar-refractivity contribution in [3.8, 4) is 5.75 Å². The minimum absolute atomic E-state index is 0.0123. The van der Waals surface area contributed by atoms with Gasteiger partial charge in [-0.15, -0.1) is 0 Å². The highest BCUT2D eigenvalue weighted by atomic mass is 35.5. The molecule has 0 heterocycles. The average molecular weight is 275 g/mol. The predicted octanol–water partition coefficient (Wildman–Crippen LogP) is 4.08. The van der Waals surface area contributed by atoms with Crippen molar-refractivity contribution in [3.05, 3.63) is 64.2 Å². The number of halogens is 1. The van der Waals surface area contributed by atoms with Gasteiger partial charge in [0.15, 0.2) is 5.78 Å². The minimum Gasteiger partial charge on any atom is -0.497 e. The van der Waals surface area contributed by atoms with Crippen LogP contribution in [-0.4, -0.2) is 12.9 Å². The molecule has 0 spiro atoms. The highest BCUT2D eigenvalue weighted by Gasteiger charge is 2.12. The van der Waals surface area contributed by atoms with Crippen LogP contribution in [0.25, 0.3) is 0 Å². The third kappa shape index (κ3) is 3.36. The Morgan fingerprint density at radius 2 is 2.00 bits per heavy atom. The Kier molecular flexibility index (Phi) is 4.23. The summed E-state index contributed by atoms with van der Waals surface area (Å²) >= 11 is 6.10. The van der Waals surface area contributed by atoms with Crippen LogP contribution in [0.5, 0.6) is 5.75 Å². The van der Waals surface area contributed by atoms with E-state index in [4.69, 9.17) is 16.3 Å². The van der Waals surface area contributed by atoms with E-state index in [0.717, 1.165) is 11.1 Å². The van der Waals surface area contributed by atoms with Crippen LogP contribution in [0.3, 0.4) is 0 Å². The van der Waals surface area contributed by atoms with E-state index in [1.807, 2.05) is 31.2 Å². The van der Waals surface area contributed by atoms with E-state index in [-0.39, 0.29) is 5.78 Å². The molecule has 0 fully saturated rings. The first kappa shape index (κ1) is 13.6. The summed E-state index contributed by atoms with van der Waals surface area (Å²) < 4.78 is 5.07. The van der Waals surface area contributed by atoms with E-state index in [2.05, 4.69) is 0 Å². The number of methoxy groups -OCH3 is 1. The number of hydrogen-bond acceptors (Lipinski definition) is 2. The van der Waals surface area contributed by atoms with E-state index in [1.54, 1.807) is 25.3 Å². The molecule has 2 rings (SSSR count). The molecule has 0 aliphatic heterocycles. The second-order valence-corrected chi connectivity index (χ2v) is 4.84. The molecule has 98 valence electrons. The van der Waals surface area contributed by atoms with Crippen molar-refractivity contribution in [2.24, 2.45) is 0 Å². The maximum absolute atomic E-state index is 12.2. The number of carbonyl (C=O) groups excluding carboxylic acids is 1. The lowest BCUT2D eigenvalue weighted by Crippen LogP contribution is -2.04. The molecule has 0 bridgehead atoms. The van der Waals surface area contributed by atoms with Crippen LogP contribution in [0.1, 0.15) is 21.5 Å². The Bertz CT molecular complexity index is 605. The van der Waals surface area contributed by atoms with E-state index < -0.39 is 0 Å². The zero-order valence-electron chi connectivity index (χ0n) is 10.9. The molecule has 0 radical (unpaired) electrons. The Hall–Kier alpha value is -1.80. The first-order valence-corrected chi connectivity index (χ1v) is 6.40. The maximum atomic E-state index is 12.2.